The number of H-pyrrole nitrogens is 1. The number of aromatic amines is 1. The maximum Gasteiger partial charge on any atom is 0.228 e. The summed E-state index contributed by atoms with van der Waals surface area (Å²) in [5.74, 6) is 0.00145. The van der Waals surface area contributed by atoms with Gasteiger partial charge in [0.15, 0.2) is 9.84 Å². The molecule has 2 aromatic heterocycles. The Labute approximate surface area is 138 Å². The largest absolute Gasteiger partial charge is 0.342 e. The van der Waals surface area contributed by atoms with Gasteiger partial charge in [-0.05, 0) is 13.3 Å². The summed E-state index contributed by atoms with van der Waals surface area (Å²) in [7, 11) is -3.32. The maximum atomic E-state index is 12.4. The Morgan fingerprint density at radius 3 is 2.96 bits per heavy atom. The lowest BCUT2D eigenvalue weighted by Crippen LogP contribution is -2.30. The van der Waals surface area contributed by atoms with Crippen molar-refractivity contribution in [1.29, 1.82) is 0 Å². The van der Waals surface area contributed by atoms with Crippen molar-refractivity contribution < 1.29 is 13.2 Å². The third-order valence-corrected chi connectivity index (χ3v) is 5.93. The lowest BCUT2D eigenvalue weighted by Gasteiger charge is -2.16. The van der Waals surface area contributed by atoms with Crippen LogP contribution in [0.15, 0.2) is 16.5 Å². The van der Waals surface area contributed by atoms with E-state index in [0.29, 0.717) is 25.2 Å². The van der Waals surface area contributed by atoms with Gasteiger partial charge in [-0.25, -0.2) is 13.4 Å². The first-order valence-electron chi connectivity index (χ1n) is 7.26. The third-order valence-electron chi connectivity index (χ3n) is 3.98. The van der Waals surface area contributed by atoms with Gasteiger partial charge in [0.1, 0.15) is 4.90 Å². The summed E-state index contributed by atoms with van der Waals surface area (Å²) in [6.07, 6.45) is 3.53. The second-order valence-corrected chi connectivity index (χ2v) is 8.83. The van der Waals surface area contributed by atoms with Crippen LogP contribution in [-0.4, -0.2) is 53.8 Å². The fourth-order valence-corrected chi connectivity index (χ4v) is 4.32. The van der Waals surface area contributed by atoms with Crippen molar-refractivity contribution >= 4 is 27.1 Å². The van der Waals surface area contributed by atoms with Gasteiger partial charge in [-0.3, -0.25) is 9.89 Å². The minimum Gasteiger partial charge on any atom is -0.342 e. The van der Waals surface area contributed by atoms with E-state index in [0.717, 1.165) is 17.1 Å². The number of carbonyl (C=O) groups excluding carboxylic acids is 1. The number of sulfone groups is 1. The molecule has 1 saturated heterocycles. The summed E-state index contributed by atoms with van der Waals surface area (Å²) in [4.78, 5) is 18.7. The Bertz CT molecular complexity index is 825. The first kappa shape index (κ1) is 16.1. The second-order valence-electron chi connectivity index (χ2n) is 5.78. The molecule has 0 spiro atoms. The van der Waals surface area contributed by atoms with Crippen LogP contribution < -0.4 is 0 Å². The summed E-state index contributed by atoms with van der Waals surface area (Å²) in [6, 6.07) is 0. The van der Waals surface area contributed by atoms with Gasteiger partial charge in [0, 0.05) is 30.6 Å². The molecule has 0 aromatic carbocycles. The Morgan fingerprint density at radius 2 is 2.30 bits per heavy atom. The fourth-order valence-electron chi connectivity index (χ4n) is 2.85. The molecule has 0 radical (unpaired) electrons. The molecule has 0 unspecified atom stereocenters. The molecule has 1 fully saturated rings. The standard InChI is InChI=1S/C14H18N4O3S2/c1-9-16-11(8-22-9)5-13(19)18-4-3-10(7-18)14-12(6-15-17-14)23(2,20)21/h6,8,10H,3-5,7H2,1-2H3,(H,15,17)/t10-/m0/s1. The summed E-state index contributed by atoms with van der Waals surface area (Å²) in [6.45, 7) is 3.04. The summed E-state index contributed by atoms with van der Waals surface area (Å²) in [5, 5.41) is 9.49. The van der Waals surface area contributed by atoms with Gasteiger partial charge in [-0.15, -0.1) is 11.3 Å². The average molecular weight is 354 g/mol. The molecular formula is C14H18N4O3S2. The van der Waals surface area contributed by atoms with Crippen molar-refractivity contribution in [3.8, 4) is 0 Å². The minimum atomic E-state index is -3.32. The number of hydrogen-bond donors (Lipinski definition) is 1. The number of thiazole rings is 1. The van der Waals surface area contributed by atoms with Crippen molar-refractivity contribution in [2.45, 2.75) is 30.6 Å². The molecule has 23 heavy (non-hydrogen) atoms. The van der Waals surface area contributed by atoms with Crippen molar-refractivity contribution in [1.82, 2.24) is 20.1 Å². The quantitative estimate of drug-likeness (QED) is 0.888. The highest BCUT2D eigenvalue weighted by Crippen LogP contribution is 2.30. The molecule has 0 aliphatic carbocycles. The molecule has 9 heteroatoms. The Hall–Kier alpha value is -1.74. The number of amides is 1. The van der Waals surface area contributed by atoms with Gasteiger partial charge >= 0.3 is 0 Å². The number of hydrogen-bond acceptors (Lipinski definition) is 6. The van der Waals surface area contributed by atoms with E-state index in [1.165, 1.54) is 23.8 Å². The van der Waals surface area contributed by atoms with Crippen LogP contribution in [0.1, 0.15) is 28.7 Å². The van der Waals surface area contributed by atoms with Gasteiger partial charge in [-0.2, -0.15) is 5.10 Å². The summed E-state index contributed by atoms with van der Waals surface area (Å²) >= 11 is 1.53. The van der Waals surface area contributed by atoms with Crippen LogP contribution in [-0.2, 0) is 21.1 Å². The first-order chi connectivity index (χ1) is 10.8. The van der Waals surface area contributed by atoms with E-state index in [9.17, 15) is 13.2 Å². The first-order valence-corrected chi connectivity index (χ1v) is 10.0. The van der Waals surface area contributed by atoms with Gasteiger partial charge in [0.2, 0.25) is 5.91 Å². The van der Waals surface area contributed by atoms with Crippen molar-refractivity contribution in [2.24, 2.45) is 0 Å². The van der Waals surface area contributed by atoms with Crippen molar-refractivity contribution in [3.63, 3.8) is 0 Å². The van der Waals surface area contributed by atoms with E-state index in [1.807, 2.05) is 12.3 Å². The topological polar surface area (TPSA) is 96.0 Å². The molecule has 1 aliphatic rings. The average Bonchev–Trinajstić information content (AvgIpc) is 3.15. The molecule has 124 valence electrons. The molecule has 1 atom stereocenters. The zero-order valence-corrected chi connectivity index (χ0v) is 14.6. The van der Waals surface area contributed by atoms with Crippen LogP contribution in [0.5, 0.6) is 0 Å². The number of aryl methyl sites for hydroxylation is 1. The predicted molar refractivity (Wildman–Crippen MR) is 86.2 cm³/mol. The molecular weight excluding hydrogens is 336 g/mol. The molecule has 1 aliphatic heterocycles. The SMILES string of the molecule is Cc1nc(CC(=O)N2CC[C@H](c3[nH]ncc3S(C)(=O)=O)C2)cs1. The van der Waals surface area contributed by atoms with Crippen LogP contribution in [0.3, 0.4) is 0 Å². The Morgan fingerprint density at radius 1 is 1.52 bits per heavy atom. The number of carbonyl (C=O) groups is 1. The Kier molecular flexibility index (Phi) is 4.24. The molecule has 3 rings (SSSR count). The molecule has 1 N–H and O–H groups in total. The maximum absolute atomic E-state index is 12.4. The lowest BCUT2D eigenvalue weighted by atomic mass is 10.1. The van der Waals surface area contributed by atoms with E-state index in [1.54, 1.807) is 4.90 Å². The van der Waals surface area contributed by atoms with Crippen molar-refractivity contribution in [2.75, 3.05) is 19.3 Å². The number of nitrogens with zero attached hydrogens (tertiary/aromatic N) is 3. The monoisotopic (exact) mass is 354 g/mol. The smallest absolute Gasteiger partial charge is 0.228 e. The highest BCUT2D eigenvalue weighted by Gasteiger charge is 2.31. The van der Waals surface area contributed by atoms with Crippen LogP contribution in [0, 0.1) is 6.92 Å². The summed E-state index contributed by atoms with van der Waals surface area (Å²) < 4.78 is 23.6. The number of aromatic nitrogens is 3. The van der Waals surface area contributed by atoms with E-state index < -0.39 is 9.84 Å². The van der Waals surface area contributed by atoms with Gasteiger partial charge in [0.05, 0.1) is 29.0 Å². The van der Waals surface area contributed by atoms with Crippen molar-refractivity contribution in [3.05, 3.63) is 28.0 Å². The molecule has 1 amide bonds. The van der Waals surface area contributed by atoms with E-state index in [2.05, 4.69) is 15.2 Å². The molecule has 7 nitrogen and oxygen atoms in total. The second kappa shape index (κ2) is 6.04. The van der Waals surface area contributed by atoms with E-state index in [4.69, 9.17) is 0 Å². The molecule has 0 bridgehead atoms. The molecule has 3 heterocycles. The van der Waals surface area contributed by atoms with Crippen LogP contribution in [0.2, 0.25) is 0 Å². The highest BCUT2D eigenvalue weighted by molar-refractivity contribution is 7.90. The van der Waals surface area contributed by atoms with Gasteiger partial charge in [-0.1, -0.05) is 0 Å². The fraction of sp³-hybridized carbons (Fsp3) is 0.500. The van der Waals surface area contributed by atoms with Gasteiger partial charge in [0.25, 0.3) is 0 Å². The van der Waals surface area contributed by atoms with E-state index >= 15 is 0 Å². The summed E-state index contributed by atoms with van der Waals surface area (Å²) in [5.41, 5.74) is 1.40. The Balaban J connectivity index is 1.69. The number of nitrogens with one attached hydrogen (secondary N) is 1. The number of rotatable bonds is 4. The molecule has 0 saturated carbocycles. The van der Waals surface area contributed by atoms with Crippen LogP contribution >= 0.6 is 11.3 Å². The normalized spacial score (nSPS) is 18.5. The van der Waals surface area contributed by atoms with Gasteiger partial charge < -0.3 is 4.90 Å². The number of likely N-dealkylation sites (tertiary alicyclic amines) is 1. The lowest BCUT2D eigenvalue weighted by molar-refractivity contribution is -0.129. The van der Waals surface area contributed by atoms with Crippen LogP contribution in [0.25, 0.3) is 0 Å². The predicted octanol–water partition coefficient (Wildman–Crippen LogP) is 1.14. The zero-order chi connectivity index (χ0) is 16.6. The minimum absolute atomic E-state index is 0.0247. The van der Waals surface area contributed by atoms with Crippen LogP contribution in [0.4, 0.5) is 0 Å². The zero-order valence-electron chi connectivity index (χ0n) is 12.9. The van der Waals surface area contributed by atoms with E-state index in [-0.39, 0.29) is 16.7 Å². The third kappa shape index (κ3) is 3.45. The highest BCUT2D eigenvalue weighted by atomic mass is 32.2. The molecule has 2 aromatic rings.